The number of aliphatic imine (C=N–C) groups is 1. The molecule has 0 fully saturated rings. The SMILES string of the molecule is C=Cc1[nH]c(=O)c(C(F)(F)F)cc1/C=N\CCN1CC=C(c2ccc(C)nc2)CC1. The molecule has 1 aliphatic heterocycles. The predicted octanol–water partition coefficient (Wildman–Crippen LogP) is 3.95. The summed E-state index contributed by atoms with van der Waals surface area (Å²) < 4.78 is 38.9. The summed E-state index contributed by atoms with van der Waals surface area (Å²) in [6.45, 7) is 8.27. The molecule has 3 rings (SSSR count). The van der Waals surface area contributed by atoms with Gasteiger partial charge in [0.25, 0.3) is 5.56 Å². The number of pyridine rings is 2. The van der Waals surface area contributed by atoms with E-state index in [2.05, 4.69) is 38.6 Å². The Morgan fingerprint density at radius 3 is 2.77 bits per heavy atom. The van der Waals surface area contributed by atoms with E-state index >= 15 is 0 Å². The molecule has 2 aromatic heterocycles. The lowest BCUT2D eigenvalue weighted by molar-refractivity contribution is -0.138. The number of aromatic nitrogens is 2. The summed E-state index contributed by atoms with van der Waals surface area (Å²) in [5.41, 5.74) is 1.36. The number of nitrogens with one attached hydrogen (secondary N) is 1. The van der Waals surface area contributed by atoms with Crippen LogP contribution in [0.2, 0.25) is 0 Å². The van der Waals surface area contributed by atoms with Gasteiger partial charge in [0.1, 0.15) is 5.56 Å². The van der Waals surface area contributed by atoms with Crippen LogP contribution in [0.5, 0.6) is 0 Å². The van der Waals surface area contributed by atoms with Crippen LogP contribution in [-0.4, -0.2) is 47.3 Å². The molecule has 0 saturated heterocycles. The van der Waals surface area contributed by atoms with Crippen LogP contribution in [0.15, 0.2) is 46.8 Å². The molecule has 0 atom stereocenters. The zero-order chi connectivity index (χ0) is 21.7. The van der Waals surface area contributed by atoms with E-state index in [0.717, 1.165) is 36.8 Å². The number of alkyl halides is 3. The highest BCUT2D eigenvalue weighted by Crippen LogP contribution is 2.27. The Labute approximate surface area is 172 Å². The molecule has 0 unspecified atom stereocenters. The molecular formula is C22H23F3N4O. The van der Waals surface area contributed by atoms with Crippen LogP contribution in [0.25, 0.3) is 11.6 Å². The number of hydrogen-bond donors (Lipinski definition) is 1. The highest BCUT2D eigenvalue weighted by molar-refractivity contribution is 5.84. The van der Waals surface area contributed by atoms with Gasteiger partial charge in [-0.3, -0.25) is 19.7 Å². The fraction of sp³-hybridized carbons (Fsp3) is 0.318. The standard InChI is InChI=1S/C22H23F3N4O/c1-3-20-18(12-19(21(30)28-20)22(23,24)25)13-26-8-11-29-9-6-16(7-10-29)17-5-4-15(2)27-14-17/h3-6,12-14H,1,7-11H2,2H3,(H,28,30)/b26-13-. The van der Waals surface area contributed by atoms with E-state index < -0.39 is 17.3 Å². The lowest BCUT2D eigenvalue weighted by Gasteiger charge is -2.25. The van der Waals surface area contributed by atoms with Gasteiger partial charge in [0, 0.05) is 49.0 Å². The number of halogens is 3. The molecule has 0 aliphatic carbocycles. The molecule has 0 amide bonds. The topological polar surface area (TPSA) is 61.4 Å². The summed E-state index contributed by atoms with van der Waals surface area (Å²) in [7, 11) is 0. The van der Waals surface area contributed by atoms with Crippen molar-refractivity contribution in [3.63, 3.8) is 0 Å². The first-order valence-electron chi connectivity index (χ1n) is 9.59. The molecule has 3 heterocycles. The quantitative estimate of drug-likeness (QED) is 0.726. The zero-order valence-corrected chi connectivity index (χ0v) is 16.7. The summed E-state index contributed by atoms with van der Waals surface area (Å²) in [5, 5.41) is 0. The minimum atomic E-state index is -4.72. The molecule has 0 saturated carbocycles. The Kier molecular flexibility index (Phi) is 6.66. The van der Waals surface area contributed by atoms with Crippen molar-refractivity contribution in [2.75, 3.05) is 26.2 Å². The zero-order valence-electron chi connectivity index (χ0n) is 16.7. The molecule has 0 radical (unpaired) electrons. The third-order valence-corrected chi connectivity index (χ3v) is 4.96. The molecule has 0 bridgehead atoms. The van der Waals surface area contributed by atoms with E-state index in [9.17, 15) is 18.0 Å². The fourth-order valence-corrected chi connectivity index (χ4v) is 3.24. The highest BCUT2D eigenvalue weighted by atomic mass is 19.4. The van der Waals surface area contributed by atoms with Crippen molar-refractivity contribution >= 4 is 17.9 Å². The smallest absolute Gasteiger partial charge is 0.321 e. The molecule has 0 aromatic carbocycles. The van der Waals surface area contributed by atoms with E-state index in [4.69, 9.17) is 0 Å². The summed E-state index contributed by atoms with van der Waals surface area (Å²) in [4.78, 5) is 24.6. The predicted molar refractivity (Wildman–Crippen MR) is 113 cm³/mol. The summed E-state index contributed by atoms with van der Waals surface area (Å²) >= 11 is 0. The van der Waals surface area contributed by atoms with E-state index in [1.807, 2.05) is 19.2 Å². The fourth-order valence-electron chi connectivity index (χ4n) is 3.24. The third kappa shape index (κ3) is 5.33. The van der Waals surface area contributed by atoms with Crippen LogP contribution in [0.3, 0.4) is 0 Å². The molecule has 2 aromatic rings. The second-order valence-corrected chi connectivity index (χ2v) is 7.09. The number of H-pyrrole nitrogens is 1. The molecule has 8 heteroatoms. The van der Waals surface area contributed by atoms with Crippen molar-refractivity contribution in [2.45, 2.75) is 19.5 Å². The van der Waals surface area contributed by atoms with Crippen molar-refractivity contribution in [1.29, 1.82) is 0 Å². The lowest BCUT2D eigenvalue weighted by Crippen LogP contribution is -2.30. The van der Waals surface area contributed by atoms with E-state index in [1.165, 1.54) is 17.9 Å². The normalized spacial score (nSPS) is 15.4. The first kappa shape index (κ1) is 21.7. The third-order valence-electron chi connectivity index (χ3n) is 4.96. The Morgan fingerprint density at radius 2 is 2.17 bits per heavy atom. The summed E-state index contributed by atoms with van der Waals surface area (Å²) in [5.74, 6) is 0. The van der Waals surface area contributed by atoms with Crippen molar-refractivity contribution in [2.24, 2.45) is 4.99 Å². The van der Waals surface area contributed by atoms with Crippen LogP contribution in [0, 0.1) is 6.92 Å². The number of hydrogen-bond acceptors (Lipinski definition) is 4. The van der Waals surface area contributed by atoms with Crippen LogP contribution in [-0.2, 0) is 6.18 Å². The minimum Gasteiger partial charge on any atom is -0.321 e. The van der Waals surface area contributed by atoms with Crippen molar-refractivity contribution < 1.29 is 13.2 Å². The average molecular weight is 416 g/mol. The second-order valence-electron chi connectivity index (χ2n) is 7.09. The second kappa shape index (κ2) is 9.21. The molecule has 5 nitrogen and oxygen atoms in total. The van der Waals surface area contributed by atoms with Crippen molar-refractivity contribution in [3.8, 4) is 0 Å². The number of rotatable bonds is 6. The van der Waals surface area contributed by atoms with Gasteiger partial charge in [-0.15, -0.1) is 0 Å². The Bertz CT molecular complexity index is 1020. The van der Waals surface area contributed by atoms with Gasteiger partial charge in [0.2, 0.25) is 0 Å². The number of aryl methyl sites for hydroxylation is 1. The molecule has 30 heavy (non-hydrogen) atoms. The maximum atomic E-state index is 13.0. The monoisotopic (exact) mass is 416 g/mol. The summed E-state index contributed by atoms with van der Waals surface area (Å²) in [6.07, 6.45) is 2.90. The molecular weight excluding hydrogens is 393 g/mol. The van der Waals surface area contributed by atoms with Gasteiger partial charge < -0.3 is 4.98 Å². The largest absolute Gasteiger partial charge is 0.421 e. The van der Waals surface area contributed by atoms with Crippen LogP contribution >= 0.6 is 0 Å². The Balaban J connectivity index is 1.60. The van der Waals surface area contributed by atoms with Gasteiger partial charge >= 0.3 is 6.18 Å². The van der Waals surface area contributed by atoms with Crippen molar-refractivity contribution in [1.82, 2.24) is 14.9 Å². The maximum Gasteiger partial charge on any atom is 0.421 e. The molecule has 0 spiro atoms. The minimum absolute atomic E-state index is 0.185. The van der Waals surface area contributed by atoms with E-state index in [0.29, 0.717) is 13.1 Å². The summed E-state index contributed by atoms with van der Waals surface area (Å²) in [6, 6.07) is 4.88. The first-order valence-corrected chi connectivity index (χ1v) is 9.59. The van der Waals surface area contributed by atoms with Crippen LogP contribution < -0.4 is 5.56 Å². The first-order chi connectivity index (χ1) is 14.3. The van der Waals surface area contributed by atoms with Crippen molar-refractivity contribution in [3.05, 3.63) is 75.5 Å². The van der Waals surface area contributed by atoms with Crippen LogP contribution in [0.4, 0.5) is 13.2 Å². The van der Waals surface area contributed by atoms with Gasteiger partial charge in [0.15, 0.2) is 0 Å². The lowest BCUT2D eigenvalue weighted by atomic mass is 10.0. The van der Waals surface area contributed by atoms with E-state index in [1.54, 1.807) is 0 Å². The molecule has 1 aliphatic rings. The van der Waals surface area contributed by atoms with Gasteiger partial charge in [-0.2, -0.15) is 13.2 Å². The molecule has 158 valence electrons. The molecule has 1 N–H and O–H groups in total. The maximum absolute atomic E-state index is 13.0. The van der Waals surface area contributed by atoms with Crippen LogP contribution in [0.1, 0.15) is 34.5 Å². The number of nitrogens with zero attached hydrogens (tertiary/aromatic N) is 3. The van der Waals surface area contributed by atoms with Gasteiger partial charge in [0.05, 0.1) is 6.54 Å². The van der Waals surface area contributed by atoms with E-state index in [-0.39, 0.29) is 11.3 Å². The number of aromatic amines is 1. The Hall–Kier alpha value is -3.00. The van der Waals surface area contributed by atoms with Gasteiger partial charge in [-0.05, 0) is 42.7 Å². The van der Waals surface area contributed by atoms with Gasteiger partial charge in [-0.25, -0.2) is 0 Å². The average Bonchev–Trinajstić information content (AvgIpc) is 2.72. The highest BCUT2D eigenvalue weighted by Gasteiger charge is 2.34. The van der Waals surface area contributed by atoms with Gasteiger partial charge in [-0.1, -0.05) is 18.7 Å². The Morgan fingerprint density at radius 1 is 1.37 bits per heavy atom.